The lowest BCUT2D eigenvalue weighted by Crippen LogP contribution is -2.30. The van der Waals surface area contributed by atoms with Crippen LogP contribution in [0.2, 0.25) is 0 Å². The molecule has 92 valence electrons. The van der Waals surface area contributed by atoms with Crippen LogP contribution >= 0.6 is 11.6 Å². The molecule has 1 aromatic carbocycles. The number of hydrogen-bond acceptors (Lipinski definition) is 1. The van der Waals surface area contributed by atoms with Crippen LogP contribution in [0.4, 0.5) is 4.39 Å². The minimum Gasteiger partial charge on any atom is -0.336 e. The molecule has 0 saturated carbocycles. The molecule has 0 spiro atoms. The second-order valence-corrected chi connectivity index (χ2v) is 4.61. The first-order valence-corrected chi connectivity index (χ1v) is 6.36. The van der Waals surface area contributed by atoms with Gasteiger partial charge in [0.15, 0.2) is 0 Å². The average Bonchev–Trinajstić information content (AvgIpc) is 2.74. The molecule has 0 aromatic heterocycles. The quantitative estimate of drug-likeness (QED) is 0.757. The molecule has 0 radical (unpaired) electrons. The number of hydrogen-bond donors (Lipinski definition) is 0. The predicted molar refractivity (Wildman–Crippen MR) is 65.4 cm³/mol. The molecule has 17 heavy (non-hydrogen) atoms. The van der Waals surface area contributed by atoms with Crippen LogP contribution < -0.4 is 0 Å². The van der Waals surface area contributed by atoms with E-state index in [0.29, 0.717) is 18.7 Å². The minimum absolute atomic E-state index is 0.0110. The monoisotopic (exact) mass is 255 g/mol. The average molecular weight is 256 g/mol. The van der Waals surface area contributed by atoms with Crippen molar-refractivity contribution in [1.29, 1.82) is 0 Å². The first-order valence-electron chi connectivity index (χ1n) is 5.83. The van der Waals surface area contributed by atoms with E-state index in [-0.39, 0.29) is 17.8 Å². The van der Waals surface area contributed by atoms with Crippen molar-refractivity contribution >= 4 is 17.5 Å². The Morgan fingerprint density at radius 1 is 1.35 bits per heavy atom. The van der Waals surface area contributed by atoms with Crippen molar-refractivity contribution in [3.8, 4) is 0 Å². The molecule has 1 fully saturated rings. The number of nitrogens with zero attached hydrogens (tertiary/aromatic N) is 1. The SMILES string of the molecule is O=C1CCCN1C(CCCl)c1ccc(F)cc1. The summed E-state index contributed by atoms with van der Waals surface area (Å²) in [5.74, 6) is 0.404. The number of carbonyl (C=O) groups excluding carboxylic acids is 1. The number of halogens is 2. The van der Waals surface area contributed by atoms with Gasteiger partial charge in [0.25, 0.3) is 0 Å². The first-order chi connectivity index (χ1) is 8.22. The Labute approximate surface area is 105 Å². The van der Waals surface area contributed by atoms with Crippen LogP contribution in [0.15, 0.2) is 24.3 Å². The maximum absolute atomic E-state index is 12.9. The van der Waals surface area contributed by atoms with Crippen LogP contribution in [0.25, 0.3) is 0 Å². The van der Waals surface area contributed by atoms with Gasteiger partial charge < -0.3 is 4.90 Å². The van der Waals surface area contributed by atoms with E-state index in [2.05, 4.69) is 0 Å². The first kappa shape index (κ1) is 12.4. The number of carbonyl (C=O) groups is 1. The van der Waals surface area contributed by atoms with Crippen molar-refractivity contribution in [1.82, 2.24) is 4.90 Å². The summed E-state index contributed by atoms with van der Waals surface area (Å²) in [5.41, 5.74) is 0.960. The van der Waals surface area contributed by atoms with E-state index >= 15 is 0 Å². The summed E-state index contributed by atoms with van der Waals surface area (Å²) in [7, 11) is 0. The molecule has 2 nitrogen and oxygen atoms in total. The lowest BCUT2D eigenvalue weighted by Gasteiger charge is -2.27. The molecule has 1 amide bonds. The highest BCUT2D eigenvalue weighted by molar-refractivity contribution is 6.17. The van der Waals surface area contributed by atoms with Crippen molar-refractivity contribution in [2.45, 2.75) is 25.3 Å². The molecule has 0 aliphatic carbocycles. The van der Waals surface area contributed by atoms with Gasteiger partial charge in [-0.3, -0.25) is 4.79 Å². The Balaban J connectivity index is 2.21. The van der Waals surface area contributed by atoms with Crippen molar-refractivity contribution in [3.63, 3.8) is 0 Å². The second-order valence-electron chi connectivity index (χ2n) is 4.24. The Morgan fingerprint density at radius 2 is 2.06 bits per heavy atom. The number of benzene rings is 1. The van der Waals surface area contributed by atoms with E-state index in [1.807, 2.05) is 4.90 Å². The predicted octanol–water partition coefficient (Wildman–Crippen LogP) is 3.12. The van der Waals surface area contributed by atoms with Gasteiger partial charge in [-0.2, -0.15) is 0 Å². The maximum Gasteiger partial charge on any atom is 0.223 e. The molecule has 0 bridgehead atoms. The molecule has 1 aliphatic heterocycles. The lowest BCUT2D eigenvalue weighted by molar-refractivity contribution is -0.129. The molecule has 2 rings (SSSR count). The number of alkyl halides is 1. The van der Waals surface area contributed by atoms with Crippen LogP contribution in [0, 0.1) is 5.82 Å². The van der Waals surface area contributed by atoms with Gasteiger partial charge in [-0.05, 0) is 30.5 Å². The zero-order valence-corrected chi connectivity index (χ0v) is 10.3. The summed E-state index contributed by atoms with van der Waals surface area (Å²) in [6, 6.07) is 6.31. The Morgan fingerprint density at radius 3 is 2.59 bits per heavy atom. The van der Waals surface area contributed by atoms with Crippen LogP contribution in [0.3, 0.4) is 0 Å². The fourth-order valence-electron chi connectivity index (χ4n) is 2.29. The molecule has 1 heterocycles. The minimum atomic E-state index is -0.258. The Bertz CT molecular complexity index is 393. The van der Waals surface area contributed by atoms with E-state index in [9.17, 15) is 9.18 Å². The normalized spacial score (nSPS) is 17.5. The topological polar surface area (TPSA) is 20.3 Å². The standard InChI is InChI=1S/C13H15ClFNO/c14-8-7-12(16-9-1-2-13(16)17)10-3-5-11(15)6-4-10/h3-6,12H,1-2,7-9H2. The largest absolute Gasteiger partial charge is 0.336 e. The summed E-state index contributed by atoms with van der Waals surface area (Å²) in [4.78, 5) is 13.6. The Kier molecular flexibility index (Phi) is 4.00. The summed E-state index contributed by atoms with van der Waals surface area (Å²) < 4.78 is 12.9. The summed E-state index contributed by atoms with van der Waals surface area (Å²) in [6.45, 7) is 0.776. The van der Waals surface area contributed by atoms with Crippen LogP contribution in [-0.2, 0) is 4.79 Å². The van der Waals surface area contributed by atoms with Gasteiger partial charge in [-0.15, -0.1) is 11.6 Å². The number of likely N-dealkylation sites (tertiary alicyclic amines) is 1. The lowest BCUT2D eigenvalue weighted by atomic mass is 10.0. The molecule has 0 N–H and O–H groups in total. The summed E-state index contributed by atoms with van der Waals surface area (Å²) in [5, 5.41) is 0. The van der Waals surface area contributed by atoms with Gasteiger partial charge in [0, 0.05) is 18.8 Å². The van der Waals surface area contributed by atoms with Crippen LogP contribution in [-0.4, -0.2) is 23.2 Å². The molecule has 4 heteroatoms. The third-order valence-corrected chi connectivity index (χ3v) is 3.34. The maximum atomic E-state index is 12.9. The summed E-state index contributed by atoms with van der Waals surface area (Å²) >= 11 is 5.79. The van der Waals surface area contributed by atoms with Crippen LogP contribution in [0.5, 0.6) is 0 Å². The molecular weight excluding hydrogens is 241 g/mol. The molecule has 1 unspecified atom stereocenters. The van der Waals surface area contributed by atoms with Gasteiger partial charge in [-0.25, -0.2) is 4.39 Å². The van der Waals surface area contributed by atoms with Crippen molar-refractivity contribution in [2.24, 2.45) is 0 Å². The van der Waals surface area contributed by atoms with Crippen LogP contribution in [0.1, 0.15) is 30.9 Å². The molecule has 1 atom stereocenters. The molecule has 1 aliphatic rings. The van der Waals surface area contributed by atoms with E-state index in [1.54, 1.807) is 12.1 Å². The van der Waals surface area contributed by atoms with Crippen molar-refractivity contribution in [2.75, 3.05) is 12.4 Å². The van der Waals surface area contributed by atoms with E-state index in [4.69, 9.17) is 11.6 Å². The number of rotatable bonds is 4. The van der Waals surface area contributed by atoms with E-state index in [1.165, 1.54) is 12.1 Å². The fraction of sp³-hybridized carbons (Fsp3) is 0.462. The smallest absolute Gasteiger partial charge is 0.223 e. The van der Waals surface area contributed by atoms with Gasteiger partial charge in [0.1, 0.15) is 5.82 Å². The van der Waals surface area contributed by atoms with Crippen molar-refractivity contribution < 1.29 is 9.18 Å². The van der Waals surface area contributed by atoms with Gasteiger partial charge in [0.05, 0.1) is 6.04 Å². The molecule has 1 aromatic rings. The van der Waals surface area contributed by atoms with E-state index < -0.39 is 0 Å². The third kappa shape index (κ3) is 2.78. The Hall–Kier alpha value is -1.09. The van der Waals surface area contributed by atoms with Gasteiger partial charge >= 0.3 is 0 Å². The molecule has 1 saturated heterocycles. The number of amides is 1. The zero-order chi connectivity index (χ0) is 12.3. The zero-order valence-electron chi connectivity index (χ0n) is 9.53. The third-order valence-electron chi connectivity index (χ3n) is 3.12. The highest BCUT2D eigenvalue weighted by atomic mass is 35.5. The van der Waals surface area contributed by atoms with Gasteiger partial charge in [-0.1, -0.05) is 12.1 Å². The molecular formula is C13H15ClFNO. The second kappa shape index (κ2) is 5.50. The highest BCUT2D eigenvalue weighted by Crippen LogP contribution is 2.29. The summed E-state index contributed by atoms with van der Waals surface area (Å²) in [6.07, 6.45) is 2.22. The fourth-order valence-corrected chi connectivity index (χ4v) is 2.50. The van der Waals surface area contributed by atoms with Gasteiger partial charge in [0.2, 0.25) is 5.91 Å². The van der Waals surface area contributed by atoms with Crippen molar-refractivity contribution in [3.05, 3.63) is 35.6 Å². The van der Waals surface area contributed by atoms with E-state index in [0.717, 1.165) is 18.5 Å². The highest BCUT2D eigenvalue weighted by Gasteiger charge is 2.28.